The molecule has 2 rings (SSSR count). The van der Waals surface area contributed by atoms with Crippen LogP contribution in [-0.4, -0.2) is 24.6 Å². The predicted octanol–water partition coefficient (Wildman–Crippen LogP) is 3.27. The van der Waals surface area contributed by atoms with E-state index in [0.29, 0.717) is 6.04 Å². The minimum absolute atomic E-state index is 0.670. The molecule has 1 unspecified atom stereocenters. The lowest BCUT2D eigenvalue weighted by Crippen LogP contribution is -2.35. The highest BCUT2D eigenvalue weighted by molar-refractivity contribution is 5.48. The van der Waals surface area contributed by atoms with E-state index in [1.807, 2.05) is 13.2 Å². The van der Waals surface area contributed by atoms with E-state index in [9.17, 15) is 0 Å². The molecule has 0 amide bonds. The summed E-state index contributed by atoms with van der Waals surface area (Å²) >= 11 is 0. The lowest BCUT2D eigenvalue weighted by molar-refractivity contribution is 0.551. The van der Waals surface area contributed by atoms with Crippen LogP contribution in [0.5, 0.6) is 0 Å². The molecule has 0 bridgehead atoms. The lowest BCUT2D eigenvalue weighted by Gasteiger charge is -2.31. The molecule has 1 aliphatic heterocycles. The molecular formula is C16H27N3. The van der Waals surface area contributed by atoms with Gasteiger partial charge in [0.1, 0.15) is 5.82 Å². The molecule has 0 saturated carbocycles. The van der Waals surface area contributed by atoms with Gasteiger partial charge in [-0.2, -0.15) is 0 Å². The molecule has 3 heteroatoms. The van der Waals surface area contributed by atoms with Crippen molar-refractivity contribution in [2.24, 2.45) is 0 Å². The first-order chi connectivity index (χ1) is 9.26. The van der Waals surface area contributed by atoms with Gasteiger partial charge in [0.15, 0.2) is 0 Å². The number of aryl methyl sites for hydroxylation is 1. The number of nitrogens with zero attached hydrogens (tertiary/aromatic N) is 2. The maximum atomic E-state index is 4.75. The van der Waals surface area contributed by atoms with Crippen LogP contribution in [0.15, 0.2) is 12.3 Å². The number of hydrogen-bond acceptors (Lipinski definition) is 3. The Bertz CT molecular complexity index is 403. The maximum Gasteiger partial charge on any atom is 0.131 e. The van der Waals surface area contributed by atoms with Crippen molar-refractivity contribution in [3.05, 3.63) is 23.4 Å². The van der Waals surface area contributed by atoms with E-state index in [-0.39, 0.29) is 0 Å². The molecule has 1 aromatic rings. The van der Waals surface area contributed by atoms with Crippen LogP contribution in [0.2, 0.25) is 0 Å². The topological polar surface area (TPSA) is 28.2 Å². The minimum Gasteiger partial charge on any atom is -0.353 e. The highest BCUT2D eigenvalue weighted by Crippen LogP contribution is 2.27. The Morgan fingerprint density at radius 2 is 2.21 bits per heavy atom. The second kappa shape index (κ2) is 6.90. The monoisotopic (exact) mass is 261 g/mol. The zero-order valence-electron chi connectivity index (χ0n) is 12.6. The van der Waals surface area contributed by atoms with Crippen molar-refractivity contribution in [2.75, 3.05) is 18.5 Å². The zero-order chi connectivity index (χ0) is 13.7. The van der Waals surface area contributed by atoms with E-state index in [2.05, 4.69) is 30.1 Å². The van der Waals surface area contributed by atoms with Gasteiger partial charge in [-0.05, 0) is 50.4 Å². The van der Waals surface area contributed by atoms with Crippen molar-refractivity contribution in [2.45, 2.75) is 58.5 Å². The highest BCUT2D eigenvalue weighted by atomic mass is 15.2. The molecule has 106 valence electrons. The van der Waals surface area contributed by atoms with Gasteiger partial charge < -0.3 is 10.2 Å². The van der Waals surface area contributed by atoms with Crippen LogP contribution in [0.25, 0.3) is 0 Å². The number of hydrogen-bond donors (Lipinski definition) is 1. The predicted molar refractivity (Wildman–Crippen MR) is 81.6 cm³/mol. The smallest absolute Gasteiger partial charge is 0.131 e. The number of nitrogens with one attached hydrogen (secondary N) is 1. The third kappa shape index (κ3) is 3.47. The molecule has 0 radical (unpaired) electrons. The fraction of sp³-hybridized carbons (Fsp3) is 0.688. The average Bonchev–Trinajstić information content (AvgIpc) is 2.64. The van der Waals surface area contributed by atoms with Crippen LogP contribution in [0.3, 0.4) is 0 Å². The Hall–Kier alpha value is -1.09. The SMILES string of the molecule is CCC1CCCCCN1c1ncc(CNC)cc1C. The van der Waals surface area contributed by atoms with Gasteiger partial charge in [0.2, 0.25) is 0 Å². The number of rotatable bonds is 4. The van der Waals surface area contributed by atoms with Crippen molar-refractivity contribution < 1.29 is 0 Å². The number of aromatic nitrogens is 1. The molecular weight excluding hydrogens is 234 g/mol. The van der Waals surface area contributed by atoms with Crippen molar-refractivity contribution in [1.29, 1.82) is 0 Å². The van der Waals surface area contributed by atoms with Crippen molar-refractivity contribution in [3.63, 3.8) is 0 Å². The zero-order valence-corrected chi connectivity index (χ0v) is 12.6. The summed E-state index contributed by atoms with van der Waals surface area (Å²) < 4.78 is 0. The first-order valence-electron chi connectivity index (χ1n) is 7.63. The van der Waals surface area contributed by atoms with Crippen molar-refractivity contribution >= 4 is 5.82 Å². The standard InChI is InChI=1S/C16H27N3/c1-4-15-8-6-5-7-9-19(15)16-13(2)10-14(11-17-3)12-18-16/h10,12,15,17H,4-9,11H2,1-3H3. The van der Waals surface area contributed by atoms with E-state index < -0.39 is 0 Å². The molecule has 19 heavy (non-hydrogen) atoms. The van der Waals surface area contributed by atoms with Gasteiger partial charge >= 0.3 is 0 Å². The average molecular weight is 261 g/mol. The molecule has 1 N–H and O–H groups in total. The van der Waals surface area contributed by atoms with Gasteiger partial charge in [-0.25, -0.2) is 4.98 Å². The van der Waals surface area contributed by atoms with Gasteiger partial charge in [-0.3, -0.25) is 0 Å². The summed E-state index contributed by atoms with van der Waals surface area (Å²) in [5, 5.41) is 3.19. The summed E-state index contributed by atoms with van der Waals surface area (Å²) in [4.78, 5) is 7.29. The van der Waals surface area contributed by atoms with Crippen LogP contribution in [0.4, 0.5) is 5.82 Å². The summed E-state index contributed by atoms with van der Waals surface area (Å²) in [6.07, 6.45) is 8.59. The second-order valence-corrected chi connectivity index (χ2v) is 5.62. The van der Waals surface area contributed by atoms with Gasteiger partial charge in [0.25, 0.3) is 0 Å². The molecule has 0 spiro atoms. The summed E-state index contributed by atoms with van der Waals surface area (Å²) in [5.41, 5.74) is 2.58. The van der Waals surface area contributed by atoms with E-state index in [1.54, 1.807) is 0 Å². The third-order valence-electron chi connectivity index (χ3n) is 4.11. The van der Waals surface area contributed by atoms with E-state index in [0.717, 1.165) is 13.1 Å². The van der Waals surface area contributed by atoms with Crippen LogP contribution in [0, 0.1) is 6.92 Å². The Kier molecular flexibility index (Phi) is 5.20. The molecule has 1 atom stereocenters. The van der Waals surface area contributed by atoms with Gasteiger partial charge in [0.05, 0.1) is 0 Å². The third-order valence-corrected chi connectivity index (χ3v) is 4.11. The van der Waals surface area contributed by atoms with Crippen molar-refractivity contribution in [1.82, 2.24) is 10.3 Å². The Morgan fingerprint density at radius 3 is 2.89 bits per heavy atom. The summed E-state index contributed by atoms with van der Waals surface area (Å²) in [7, 11) is 1.98. The number of anilines is 1. The first kappa shape index (κ1) is 14.3. The fourth-order valence-electron chi connectivity index (χ4n) is 3.11. The first-order valence-corrected chi connectivity index (χ1v) is 7.63. The highest BCUT2D eigenvalue weighted by Gasteiger charge is 2.21. The van der Waals surface area contributed by atoms with Crippen LogP contribution < -0.4 is 10.2 Å². The Labute approximate surface area is 117 Å². The molecule has 3 nitrogen and oxygen atoms in total. The lowest BCUT2D eigenvalue weighted by atomic mass is 10.1. The summed E-state index contributed by atoms with van der Waals surface area (Å²) in [5.74, 6) is 1.20. The number of pyridine rings is 1. The molecule has 2 heterocycles. The molecule has 1 aliphatic rings. The second-order valence-electron chi connectivity index (χ2n) is 5.62. The normalized spacial score (nSPS) is 20.4. The van der Waals surface area contributed by atoms with E-state index in [1.165, 1.54) is 49.0 Å². The van der Waals surface area contributed by atoms with Crippen molar-refractivity contribution in [3.8, 4) is 0 Å². The summed E-state index contributed by atoms with van der Waals surface area (Å²) in [6.45, 7) is 6.55. The Balaban J connectivity index is 2.23. The Morgan fingerprint density at radius 1 is 1.37 bits per heavy atom. The van der Waals surface area contributed by atoms with Crippen LogP contribution in [-0.2, 0) is 6.54 Å². The summed E-state index contributed by atoms with van der Waals surface area (Å²) in [6, 6.07) is 2.94. The molecule has 1 aromatic heterocycles. The largest absolute Gasteiger partial charge is 0.353 e. The molecule has 1 fully saturated rings. The molecule has 1 saturated heterocycles. The molecule has 0 aromatic carbocycles. The fourth-order valence-corrected chi connectivity index (χ4v) is 3.11. The van der Waals surface area contributed by atoms with E-state index in [4.69, 9.17) is 4.98 Å². The quantitative estimate of drug-likeness (QED) is 0.901. The maximum absolute atomic E-state index is 4.75. The van der Waals surface area contributed by atoms with Gasteiger partial charge in [-0.15, -0.1) is 0 Å². The van der Waals surface area contributed by atoms with Gasteiger partial charge in [-0.1, -0.05) is 19.8 Å². The van der Waals surface area contributed by atoms with Gasteiger partial charge in [0, 0.05) is 25.3 Å². The van der Waals surface area contributed by atoms with Crippen LogP contribution >= 0.6 is 0 Å². The minimum atomic E-state index is 0.670. The molecule has 0 aliphatic carbocycles. The van der Waals surface area contributed by atoms with E-state index >= 15 is 0 Å². The van der Waals surface area contributed by atoms with Crippen LogP contribution in [0.1, 0.15) is 50.2 Å².